The lowest BCUT2D eigenvalue weighted by Gasteiger charge is -2.21. The van der Waals surface area contributed by atoms with Crippen molar-refractivity contribution in [2.24, 2.45) is 7.05 Å². The molecule has 1 saturated heterocycles. The summed E-state index contributed by atoms with van der Waals surface area (Å²) in [5.41, 5.74) is 7.83. The molecule has 2 aromatic carbocycles. The van der Waals surface area contributed by atoms with Crippen LogP contribution in [0.15, 0.2) is 48.7 Å². The van der Waals surface area contributed by atoms with Gasteiger partial charge in [0.15, 0.2) is 5.82 Å². The number of amides is 2. The smallest absolute Gasteiger partial charge is 0.291 e. The van der Waals surface area contributed by atoms with Gasteiger partial charge in [0.05, 0.1) is 35.2 Å². The lowest BCUT2D eigenvalue weighted by molar-refractivity contribution is -0.120. The third kappa shape index (κ3) is 5.68. The van der Waals surface area contributed by atoms with Crippen LogP contribution in [0.3, 0.4) is 0 Å². The van der Waals surface area contributed by atoms with Crippen LogP contribution in [0.4, 0.5) is 5.69 Å². The fourth-order valence-electron chi connectivity index (χ4n) is 6.04. The van der Waals surface area contributed by atoms with Crippen molar-refractivity contribution in [3.63, 3.8) is 0 Å². The van der Waals surface area contributed by atoms with E-state index in [1.807, 2.05) is 54.9 Å². The van der Waals surface area contributed by atoms with Gasteiger partial charge >= 0.3 is 0 Å². The molecule has 0 aliphatic carbocycles. The quantitative estimate of drug-likeness (QED) is 0.271. The van der Waals surface area contributed by atoms with Crippen molar-refractivity contribution >= 4 is 29.1 Å². The number of pyridine rings is 1. The number of benzene rings is 2. The van der Waals surface area contributed by atoms with Crippen molar-refractivity contribution in [2.75, 3.05) is 32.6 Å². The van der Waals surface area contributed by atoms with Crippen LogP contribution >= 0.6 is 11.6 Å². The van der Waals surface area contributed by atoms with Crippen LogP contribution in [0.1, 0.15) is 39.6 Å². The van der Waals surface area contributed by atoms with Crippen LogP contribution in [0.25, 0.3) is 22.4 Å². The van der Waals surface area contributed by atoms with Crippen molar-refractivity contribution < 1.29 is 14.3 Å². The number of carbonyl (C=O) groups is 2. The molecule has 0 spiro atoms. The molecular formula is C33H36ClN7O3. The summed E-state index contributed by atoms with van der Waals surface area (Å²) in [5.74, 6) is 0.784. The molecule has 0 saturated carbocycles. The number of halogens is 1. The van der Waals surface area contributed by atoms with Gasteiger partial charge in [-0.2, -0.15) is 0 Å². The van der Waals surface area contributed by atoms with Crippen molar-refractivity contribution in [1.29, 1.82) is 0 Å². The lowest BCUT2D eigenvalue weighted by Crippen LogP contribution is -2.35. The van der Waals surface area contributed by atoms with Gasteiger partial charge in [-0.3, -0.25) is 14.6 Å². The summed E-state index contributed by atoms with van der Waals surface area (Å²) < 4.78 is 7.59. The van der Waals surface area contributed by atoms with Gasteiger partial charge in [-0.05, 0) is 37.6 Å². The SMILES string of the molecule is COc1cc(-c2cccc(-c3cccc(NC(=O)c4nc5c(n4C)CCN(C)C5)c3Cl)c2C)ncc1CN[C@@H]1CCNC1=O. The van der Waals surface area contributed by atoms with E-state index >= 15 is 0 Å². The second kappa shape index (κ2) is 12.4. The van der Waals surface area contributed by atoms with E-state index in [9.17, 15) is 9.59 Å². The number of anilines is 1. The van der Waals surface area contributed by atoms with Gasteiger partial charge in [0.25, 0.3) is 5.91 Å². The average molecular weight is 614 g/mol. The number of hydrogen-bond acceptors (Lipinski definition) is 7. The standard InChI is InChI=1S/C33H36ClN7O3/c1-19-21(7-5-8-22(19)26-15-29(44-4)20(17-37-26)16-36-25-11-13-35-32(25)42)23-9-6-10-24(30(23)34)39-33(43)31-38-27-18-40(2)14-12-28(27)41(31)3/h5-10,15,17,25,36H,11-14,16,18H2,1-4H3,(H,35,42)(H,39,43)/t25-/m1/s1. The Bertz CT molecular complexity index is 1750. The van der Waals surface area contributed by atoms with E-state index in [0.29, 0.717) is 35.4 Å². The first kappa shape index (κ1) is 29.8. The minimum Gasteiger partial charge on any atom is -0.496 e. The molecule has 0 radical (unpaired) electrons. The Labute approximate surface area is 261 Å². The highest BCUT2D eigenvalue weighted by Crippen LogP contribution is 2.39. The van der Waals surface area contributed by atoms with E-state index < -0.39 is 0 Å². The first-order valence-corrected chi connectivity index (χ1v) is 15.1. The molecule has 2 amide bonds. The van der Waals surface area contributed by atoms with Crippen molar-refractivity contribution in [1.82, 2.24) is 30.1 Å². The summed E-state index contributed by atoms with van der Waals surface area (Å²) in [7, 11) is 5.57. The molecule has 4 aromatic rings. The molecule has 11 heteroatoms. The molecule has 3 N–H and O–H groups in total. The topological polar surface area (TPSA) is 113 Å². The molecule has 0 unspecified atom stereocenters. The molecule has 2 aliphatic rings. The predicted octanol–water partition coefficient (Wildman–Crippen LogP) is 4.34. The maximum Gasteiger partial charge on any atom is 0.291 e. The number of fused-ring (bicyclic) bond motifs is 1. The third-order valence-electron chi connectivity index (χ3n) is 8.55. The number of nitrogens with one attached hydrogen (secondary N) is 3. The minimum absolute atomic E-state index is 0.0201. The van der Waals surface area contributed by atoms with Crippen molar-refractivity contribution in [2.45, 2.75) is 38.9 Å². The lowest BCUT2D eigenvalue weighted by atomic mass is 9.94. The largest absolute Gasteiger partial charge is 0.496 e. The van der Waals surface area contributed by atoms with Crippen LogP contribution < -0.4 is 20.7 Å². The number of carbonyl (C=O) groups excluding carboxylic acids is 2. The minimum atomic E-state index is -0.298. The van der Waals surface area contributed by atoms with Crippen LogP contribution in [-0.4, -0.2) is 64.5 Å². The molecule has 44 heavy (non-hydrogen) atoms. The Kier molecular flexibility index (Phi) is 8.40. The first-order chi connectivity index (χ1) is 21.2. The average Bonchev–Trinajstić information content (AvgIpc) is 3.58. The van der Waals surface area contributed by atoms with Gasteiger partial charge in [-0.25, -0.2) is 4.98 Å². The number of imidazole rings is 1. The summed E-state index contributed by atoms with van der Waals surface area (Å²) >= 11 is 6.95. The Balaban J connectivity index is 1.25. The van der Waals surface area contributed by atoms with Gasteiger partial charge in [-0.15, -0.1) is 0 Å². The number of aromatic nitrogens is 3. The number of likely N-dealkylation sites (N-methyl/N-ethyl adjacent to an activating group) is 1. The normalized spacial score (nSPS) is 16.5. The maximum absolute atomic E-state index is 13.4. The predicted molar refractivity (Wildman–Crippen MR) is 171 cm³/mol. The van der Waals surface area contributed by atoms with E-state index in [-0.39, 0.29) is 17.9 Å². The highest BCUT2D eigenvalue weighted by Gasteiger charge is 2.26. The third-order valence-corrected chi connectivity index (χ3v) is 8.96. The monoisotopic (exact) mass is 613 g/mol. The van der Waals surface area contributed by atoms with Crippen LogP contribution in [0.5, 0.6) is 5.75 Å². The highest BCUT2D eigenvalue weighted by atomic mass is 35.5. The van der Waals surface area contributed by atoms with Crippen LogP contribution in [-0.2, 0) is 31.4 Å². The van der Waals surface area contributed by atoms with Crippen LogP contribution in [0, 0.1) is 6.92 Å². The summed E-state index contributed by atoms with van der Waals surface area (Å²) in [6, 6.07) is 13.3. The molecule has 0 bridgehead atoms. The van der Waals surface area contributed by atoms with E-state index in [0.717, 1.165) is 70.8 Å². The zero-order valence-electron chi connectivity index (χ0n) is 25.3. The molecule has 4 heterocycles. The number of ether oxygens (including phenoxy) is 1. The molecule has 2 aromatic heterocycles. The van der Waals surface area contributed by atoms with Gasteiger partial charge in [0, 0.05) is 74.3 Å². The van der Waals surface area contributed by atoms with Gasteiger partial charge in [-0.1, -0.05) is 41.9 Å². The molecular weight excluding hydrogens is 578 g/mol. The summed E-state index contributed by atoms with van der Waals surface area (Å²) in [6.45, 7) is 4.85. The molecule has 1 fully saturated rings. The zero-order valence-corrected chi connectivity index (χ0v) is 26.1. The Morgan fingerprint density at radius 2 is 1.93 bits per heavy atom. The summed E-state index contributed by atoms with van der Waals surface area (Å²) in [5, 5.41) is 9.57. The Morgan fingerprint density at radius 1 is 1.16 bits per heavy atom. The fraction of sp³-hybridized carbons (Fsp3) is 0.333. The Hall–Kier alpha value is -4.25. The summed E-state index contributed by atoms with van der Waals surface area (Å²) in [4.78, 5) is 36.9. The van der Waals surface area contributed by atoms with Gasteiger partial charge in [0.1, 0.15) is 5.75 Å². The molecule has 228 valence electrons. The molecule has 6 rings (SSSR count). The van der Waals surface area contributed by atoms with Crippen molar-refractivity contribution in [3.8, 4) is 28.1 Å². The second-order valence-electron chi connectivity index (χ2n) is 11.4. The number of methoxy groups -OCH3 is 1. The van der Waals surface area contributed by atoms with E-state index in [1.54, 1.807) is 19.4 Å². The van der Waals surface area contributed by atoms with E-state index in [1.165, 1.54) is 0 Å². The van der Waals surface area contributed by atoms with Crippen LogP contribution in [0.2, 0.25) is 5.02 Å². The second-order valence-corrected chi connectivity index (χ2v) is 11.7. The maximum atomic E-state index is 13.4. The van der Waals surface area contributed by atoms with Gasteiger partial charge in [0.2, 0.25) is 5.91 Å². The summed E-state index contributed by atoms with van der Waals surface area (Å²) in [6.07, 6.45) is 3.40. The number of nitrogens with zero attached hydrogens (tertiary/aromatic N) is 4. The molecule has 2 aliphatic heterocycles. The number of rotatable bonds is 8. The fourth-order valence-corrected chi connectivity index (χ4v) is 6.31. The molecule has 1 atom stereocenters. The van der Waals surface area contributed by atoms with Crippen molar-refractivity contribution in [3.05, 3.63) is 82.0 Å². The molecule has 10 nitrogen and oxygen atoms in total. The number of hydrogen-bond donors (Lipinski definition) is 3. The first-order valence-electron chi connectivity index (χ1n) is 14.7. The van der Waals surface area contributed by atoms with Gasteiger partial charge < -0.3 is 30.2 Å². The Morgan fingerprint density at radius 3 is 2.70 bits per heavy atom. The zero-order chi connectivity index (χ0) is 31.0. The van der Waals surface area contributed by atoms with E-state index in [2.05, 4.69) is 32.9 Å². The van der Waals surface area contributed by atoms with E-state index in [4.69, 9.17) is 21.3 Å². The highest BCUT2D eigenvalue weighted by molar-refractivity contribution is 6.36.